The van der Waals surface area contributed by atoms with Gasteiger partial charge in [-0.3, -0.25) is 0 Å². The molecule has 0 aromatic heterocycles. The first kappa shape index (κ1) is 14.1. The molecule has 1 atom stereocenters. The summed E-state index contributed by atoms with van der Waals surface area (Å²) in [5.74, 6) is 6.08. The maximum absolute atomic E-state index is 5.90. The summed E-state index contributed by atoms with van der Waals surface area (Å²) < 4.78 is 11.5. The van der Waals surface area contributed by atoms with Gasteiger partial charge < -0.3 is 14.8 Å². The quantitative estimate of drug-likeness (QED) is 0.663. The smallest absolute Gasteiger partial charge is 0.108 e. The van der Waals surface area contributed by atoms with Gasteiger partial charge in [0.1, 0.15) is 6.61 Å². The normalized spacial score (nSPS) is 21.5. The highest BCUT2D eigenvalue weighted by Crippen LogP contribution is 2.15. The van der Waals surface area contributed by atoms with E-state index in [1.165, 1.54) is 0 Å². The van der Waals surface area contributed by atoms with E-state index in [1.807, 2.05) is 30.3 Å². The Hall–Kier alpha value is -1.34. The lowest BCUT2D eigenvalue weighted by atomic mass is 10.1. The van der Waals surface area contributed by atoms with Gasteiger partial charge in [0.15, 0.2) is 0 Å². The molecule has 0 aliphatic carbocycles. The summed E-state index contributed by atoms with van der Waals surface area (Å²) in [5.41, 5.74) is 0.907. The van der Waals surface area contributed by atoms with Crippen molar-refractivity contribution in [3.8, 4) is 11.8 Å². The summed E-state index contributed by atoms with van der Waals surface area (Å²) in [7, 11) is 0. The largest absolute Gasteiger partial charge is 0.367 e. The Kier molecular flexibility index (Phi) is 4.98. The summed E-state index contributed by atoms with van der Waals surface area (Å²) in [6, 6.07) is 9.92. The van der Waals surface area contributed by atoms with Crippen LogP contribution in [0.2, 0.25) is 0 Å². The Labute approximate surface area is 115 Å². The minimum atomic E-state index is -0.109. The number of hydrogen-bond acceptors (Lipinski definition) is 3. The lowest BCUT2D eigenvalue weighted by Crippen LogP contribution is -2.51. The van der Waals surface area contributed by atoms with E-state index in [0.29, 0.717) is 13.2 Å². The fourth-order valence-corrected chi connectivity index (χ4v) is 2.06. The third-order valence-electron chi connectivity index (χ3n) is 2.89. The molecule has 3 heteroatoms. The lowest BCUT2D eigenvalue weighted by molar-refractivity contribution is -0.117. The molecule has 1 aliphatic heterocycles. The second kappa shape index (κ2) is 6.72. The monoisotopic (exact) mass is 259 g/mol. The van der Waals surface area contributed by atoms with E-state index in [1.54, 1.807) is 0 Å². The van der Waals surface area contributed by atoms with E-state index in [2.05, 4.69) is 31.0 Å². The molecule has 3 nitrogen and oxygen atoms in total. The third kappa shape index (κ3) is 5.04. The van der Waals surface area contributed by atoms with Crippen LogP contribution in [0.5, 0.6) is 0 Å². The highest BCUT2D eigenvalue weighted by atomic mass is 16.5. The number of nitrogens with one attached hydrogen (secondary N) is 1. The van der Waals surface area contributed by atoms with Gasteiger partial charge in [-0.15, -0.1) is 0 Å². The molecule has 102 valence electrons. The van der Waals surface area contributed by atoms with Gasteiger partial charge in [-0.2, -0.15) is 0 Å². The molecule has 1 N–H and O–H groups in total. The Bertz CT molecular complexity index is 445. The van der Waals surface area contributed by atoms with Gasteiger partial charge in [0, 0.05) is 18.7 Å². The zero-order chi connectivity index (χ0) is 13.6. The van der Waals surface area contributed by atoms with Gasteiger partial charge in [-0.05, 0) is 26.0 Å². The van der Waals surface area contributed by atoms with Crippen LogP contribution in [0.3, 0.4) is 0 Å². The number of morpholine rings is 1. The topological polar surface area (TPSA) is 30.5 Å². The molecule has 1 aliphatic rings. The predicted octanol–water partition coefficient (Wildman–Crippen LogP) is 1.82. The summed E-state index contributed by atoms with van der Waals surface area (Å²) in [4.78, 5) is 0. The Balaban J connectivity index is 1.69. The van der Waals surface area contributed by atoms with Gasteiger partial charge in [-0.25, -0.2) is 0 Å². The number of ether oxygens (including phenoxy) is 2. The van der Waals surface area contributed by atoms with Crippen molar-refractivity contribution in [1.29, 1.82) is 0 Å². The Morgan fingerprint density at radius 1 is 1.37 bits per heavy atom. The SMILES string of the molecule is CC1(C)CNCC(COCC#Cc2ccccc2)O1. The van der Waals surface area contributed by atoms with E-state index in [9.17, 15) is 0 Å². The molecule has 0 bridgehead atoms. The summed E-state index contributed by atoms with van der Waals surface area (Å²) in [5, 5.41) is 3.35. The van der Waals surface area contributed by atoms with Crippen LogP contribution < -0.4 is 5.32 Å². The minimum Gasteiger partial charge on any atom is -0.367 e. The average molecular weight is 259 g/mol. The van der Waals surface area contributed by atoms with Crippen LogP contribution in [0.25, 0.3) is 0 Å². The van der Waals surface area contributed by atoms with Gasteiger partial charge in [0.25, 0.3) is 0 Å². The number of rotatable bonds is 3. The standard InChI is InChI=1S/C16H21NO2/c1-16(2)13-17-11-15(19-16)12-18-10-6-9-14-7-4-3-5-8-14/h3-5,7-8,15,17H,10-13H2,1-2H3. The Morgan fingerprint density at radius 2 is 2.16 bits per heavy atom. The van der Waals surface area contributed by atoms with E-state index >= 15 is 0 Å². The molecule has 0 amide bonds. The Morgan fingerprint density at radius 3 is 2.89 bits per heavy atom. The summed E-state index contributed by atoms with van der Waals surface area (Å²) in [6.07, 6.45) is 0.113. The fraction of sp³-hybridized carbons (Fsp3) is 0.500. The van der Waals surface area contributed by atoms with Crippen molar-refractivity contribution in [3.05, 3.63) is 35.9 Å². The van der Waals surface area contributed by atoms with Gasteiger partial charge in [0.05, 0.1) is 18.3 Å². The van der Waals surface area contributed by atoms with Crippen LogP contribution >= 0.6 is 0 Å². The van der Waals surface area contributed by atoms with Crippen LogP contribution in [-0.4, -0.2) is 38.0 Å². The van der Waals surface area contributed by atoms with Crippen molar-refractivity contribution in [2.75, 3.05) is 26.3 Å². The second-order valence-corrected chi connectivity index (χ2v) is 5.31. The van der Waals surface area contributed by atoms with Crippen molar-refractivity contribution in [1.82, 2.24) is 5.32 Å². The maximum Gasteiger partial charge on any atom is 0.108 e. The molecule has 0 spiro atoms. The first-order chi connectivity index (χ1) is 9.16. The van der Waals surface area contributed by atoms with Gasteiger partial charge >= 0.3 is 0 Å². The lowest BCUT2D eigenvalue weighted by Gasteiger charge is -2.36. The van der Waals surface area contributed by atoms with Crippen LogP contribution in [0.1, 0.15) is 19.4 Å². The van der Waals surface area contributed by atoms with Crippen LogP contribution in [-0.2, 0) is 9.47 Å². The van der Waals surface area contributed by atoms with Crippen molar-refractivity contribution in [2.24, 2.45) is 0 Å². The van der Waals surface area contributed by atoms with Crippen molar-refractivity contribution < 1.29 is 9.47 Å². The van der Waals surface area contributed by atoms with Crippen LogP contribution in [0, 0.1) is 11.8 Å². The molecule has 1 aromatic rings. The number of hydrogen-bond donors (Lipinski definition) is 1. The maximum atomic E-state index is 5.90. The van der Waals surface area contributed by atoms with Crippen molar-refractivity contribution in [3.63, 3.8) is 0 Å². The molecule has 1 aromatic carbocycles. The molecule has 19 heavy (non-hydrogen) atoms. The molecule has 1 unspecified atom stereocenters. The average Bonchev–Trinajstić information content (AvgIpc) is 2.38. The molecular formula is C16H21NO2. The van der Waals surface area contributed by atoms with E-state index in [0.717, 1.165) is 18.7 Å². The summed E-state index contributed by atoms with van der Waals surface area (Å²) in [6.45, 7) is 6.92. The fourth-order valence-electron chi connectivity index (χ4n) is 2.06. The summed E-state index contributed by atoms with van der Waals surface area (Å²) >= 11 is 0. The molecule has 0 saturated carbocycles. The highest BCUT2D eigenvalue weighted by Gasteiger charge is 2.28. The van der Waals surface area contributed by atoms with Crippen molar-refractivity contribution >= 4 is 0 Å². The van der Waals surface area contributed by atoms with Gasteiger partial charge in [-0.1, -0.05) is 30.0 Å². The zero-order valence-electron chi connectivity index (χ0n) is 11.6. The minimum absolute atomic E-state index is 0.109. The third-order valence-corrected chi connectivity index (χ3v) is 2.89. The van der Waals surface area contributed by atoms with E-state index in [4.69, 9.17) is 9.47 Å². The molecule has 2 rings (SSSR count). The van der Waals surface area contributed by atoms with Crippen molar-refractivity contribution in [2.45, 2.75) is 25.6 Å². The zero-order valence-corrected chi connectivity index (χ0v) is 11.6. The number of benzene rings is 1. The molecule has 1 fully saturated rings. The first-order valence-corrected chi connectivity index (χ1v) is 6.66. The van der Waals surface area contributed by atoms with E-state index < -0.39 is 0 Å². The molecule has 1 saturated heterocycles. The first-order valence-electron chi connectivity index (χ1n) is 6.66. The highest BCUT2D eigenvalue weighted by molar-refractivity contribution is 5.33. The molecule has 1 heterocycles. The predicted molar refractivity (Wildman–Crippen MR) is 76.0 cm³/mol. The van der Waals surface area contributed by atoms with Crippen LogP contribution in [0.15, 0.2) is 30.3 Å². The van der Waals surface area contributed by atoms with Crippen LogP contribution in [0.4, 0.5) is 0 Å². The second-order valence-electron chi connectivity index (χ2n) is 5.31. The molecule has 0 radical (unpaired) electrons. The molecular weight excluding hydrogens is 238 g/mol. The van der Waals surface area contributed by atoms with E-state index in [-0.39, 0.29) is 11.7 Å². The van der Waals surface area contributed by atoms with Gasteiger partial charge in [0.2, 0.25) is 0 Å².